The van der Waals surface area contributed by atoms with Crippen LogP contribution in [0.15, 0.2) is 70.4 Å². The molecule has 3 rings (SSSR count). The van der Waals surface area contributed by atoms with Crippen LogP contribution in [0, 0.1) is 5.82 Å². The first-order valence-electron chi connectivity index (χ1n) is 8.20. The first kappa shape index (κ1) is 18.2. The zero-order valence-corrected chi connectivity index (χ0v) is 15.4. The van der Waals surface area contributed by atoms with Crippen molar-refractivity contribution in [1.82, 2.24) is 9.88 Å². The van der Waals surface area contributed by atoms with Crippen LogP contribution in [0.25, 0.3) is 11.3 Å². The van der Waals surface area contributed by atoms with E-state index < -0.39 is 0 Å². The Labute approximate surface area is 156 Å². The van der Waals surface area contributed by atoms with Gasteiger partial charge in [-0.2, -0.15) is 0 Å². The molecule has 0 fully saturated rings. The molecule has 0 aliphatic heterocycles. The molecule has 0 saturated carbocycles. The number of thioether (sulfide) groups is 1. The topological polar surface area (TPSA) is 46.3 Å². The van der Waals surface area contributed by atoms with Gasteiger partial charge in [0.2, 0.25) is 5.91 Å². The molecule has 2 aromatic carbocycles. The predicted molar refractivity (Wildman–Crippen MR) is 100 cm³/mol. The van der Waals surface area contributed by atoms with E-state index in [1.165, 1.54) is 23.9 Å². The Kier molecular flexibility index (Phi) is 5.73. The summed E-state index contributed by atoms with van der Waals surface area (Å²) in [6.07, 6.45) is 1.58. The molecule has 1 aromatic heterocycles. The van der Waals surface area contributed by atoms with Crippen LogP contribution < -0.4 is 0 Å². The highest BCUT2D eigenvalue weighted by Gasteiger charge is 2.21. The second-order valence-corrected chi connectivity index (χ2v) is 7.23. The van der Waals surface area contributed by atoms with Gasteiger partial charge in [0.1, 0.15) is 5.82 Å². The van der Waals surface area contributed by atoms with Gasteiger partial charge in [-0.25, -0.2) is 9.37 Å². The van der Waals surface area contributed by atoms with Crippen molar-refractivity contribution in [2.24, 2.45) is 0 Å². The summed E-state index contributed by atoms with van der Waals surface area (Å²) in [5, 5.41) is 0.0849. The minimum Gasteiger partial charge on any atom is -0.431 e. The van der Waals surface area contributed by atoms with Crippen LogP contribution in [0.2, 0.25) is 0 Å². The van der Waals surface area contributed by atoms with Crippen LogP contribution in [-0.4, -0.2) is 28.1 Å². The second kappa shape index (κ2) is 8.19. The van der Waals surface area contributed by atoms with Crippen LogP contribution >= 0.6 is 11.8 Å². The Morgan fingerprint density at radius 2 is 1.88 bits per heavy atom. The van der Waals surface area contributed by atoms with E-state index in [0.29, 0.717) is 17.5 Å². The molecule has 0 N–H and O–H groups in total. The number of hydrogen-bond acceptors (Lipinski definition) is 4. The Hall–Kier alpha value is -2.60. The maximum absolute atomic E-state index is 13.0. The smallest absolute Gasteiger partial charge is 0.256 e. The van der Waals surface area contributed by atoms with Crippen molar-refractivity contribution in [3.63, 3.8) is 0 Å². The number of amides is 1. The molecule has 3 aromatic rings. The van der Waals surface area contributed by atoms with Gasteiger partial charge in [0.05, 0.1) is 11.4 Å². The van der Waals surface area contributed by atoms with E-state index in [-0.39, 0.29) is 17.0 Å². The van der Waals surface area contributed by atoms with Gasteiger partial charge in [0.25, 0.3) is 5.22 Å². The molecule has 0 unspecified atom stereocenters. The molecule has 0 bridgehead atoms. The summed E-state index contributed by atoms with van der Waals surface area (Å²) in [7, 11) is 1.78. The van der Waals surface area contributed by atoms with Gasteiger partial charge in [-0.3, -0.25) is 4.79 Å². The highest BCUT2D eigenvalue weighted by Crippen LogP contribution is 2.28. The Morgan fingerprint density at radius 1 is 1.19 bits per heavy atom. The highest BCUT2D eigenvalue weighted by atomic mass is 32.2. The molecule has 1 heterocycles. The summed E-state index contributed by atoms with van der Waals surface area (Å²) in [4.78, 5) is 18.5. The fraction of sp³-hybridized carbons (Fsp3) is 0.200. The molecule has 26 heavy (non-hydrogen) atoms. The third-order valence-electron chi connectivity index (χ3n) is 3.88. The first-order chi connectivity index (χ1) is 12.5. The third-order valence-corrected chi connectivity index (χ3v) is 4.82. The minimum absolute atomic E-state index is 0.000357. The monoisotopic (exact) mass is 370 g/mol. The minimum atomic E-state index is -0.330. The molecule has 0 radical (unpaired) electrons. The Bertz CT molecular complexity index is 865. The molecular formula is C20H19FN2O2S. The van der Waals surface area contributed by atoms with Gasteiger partial charge in [0.15, 0.2) is 5.76 Å². The van der Waals surface area contributed by atoms with Crippen LogP contribution in [0.4, 0.5) is 4.39 Å². The molecule has 134 valence electrons. The van der Waals surface area contributed by atoms with Crippen LogP contribution in [0.3, 0.4) is 0 Å². The number of hydrogen-bond donors (Lipinski definition) is 0. The SMILES string of the molecule is C[C@@H](Sc1ncc(-c2ccc(F)cc2)o1)C(=O)N(C)Cc1ccccc1. The molecule has 0 aliphatic carbocycles. The largest absolute Gasteiger partial charge is 0.431 e. The molecule has 0 spiro atoms. The molecule has 4 nitrogen and oxygen atoms in total. The Balaban J connectivity index is 1.61. The van der Waals surface area contributed by atoms with Crippen molar-refractivity contribution in [2.45, 2.75) is 23.9 Å². The maximum atomic E-state index is 13.0. The van der Waals surface area contributed by atoms with Gasteiger partial charge in [-0.15, -0.1) is 0 Å². The number of oxazole rings is 1. The van der Waals surface area contributed by atoms with Crippen molar-refractivity contribution in [3.8, 4) is 11.3 Å². The van der Waals surface area contributed by atoms with Crippen LogP contribution in [0.1, 0.15) is 12.5 Å². The summed E-state index contributed by atoms with van der Waals surface area (Å²) in [6, 6.07) is 15.8. The average molecular weight is 370 g/mol. The zero-order chi connectivity index (χ0) is 18.5. The van der Waals surface area contributed by atoms with Crippen molar-refractivity contribution in [3.05, 3.63) is 72.2 Å². The van der Waals surface area contributed by atoms with E-state index in [9.17, 15) is 9.18 Å². The van der Waals surface area contributed by atoms with Crippen molar-refractivity contribution >= 4 is 17.7 Å². The van der Waals surface area contributed by atoms with E-state index in [4.69, 9.17) is 4.42 Å². The number of carbonyl (C=O) groups is 1. The van der Waals surface area contributed by atoms with Gasteiger partial charge in [-0.05, 0) is 36.8 Å². The third kappa shape index (κ3) is 4.52. The molecule has 6 heteroatoms. The molecule has 1 amide bonds. The summed E-state index contributed by atoms with van der Waals surface area (Å²) in [5.41, 5.74) is 1.82. The molecule has 0 saturated heterocycles. The van der Waals surface area contributed by atoms with E-state index in [1.54, 1.807) is 30.3 Å². The van der Waals surface area contributed by atoms with Crippen molar-refractivity contribution in [2.75, 3.05) is 7.05 Å². The normalized spacial score (nSPS) is 12.0. The maximum Gasteiger partial charge on any atom is 0.256 e. The van der Waals surface area contributed by atoms with Crippen LogP contribution in [0.5, 0.6) is 0 Å². The molecule has 0 aliphatic rings. The lowest BCUT2D eigenvalue weighted by Gasteiger charge is -2.20. The standard InChI is InChI=1S/C20H19FN2O2S/c1-14(19(24)23(2)13-15-6-4-3-5-7-15)26-20-22-12-18(25-20)16-8-10-17(21)11-9-16/h3-12,14H,13H2,1-2H3/t14-/m1/s1. The fourth-order valence-corrected chi connectivity index (χ4v) is 3.34. The van der Waals surface area contributed by atoms with Gasteiger partial charge < -0.3 is 9.32 Å². The predicted octanol–water partition coefficient (Wildman–Crippen LogP) is 4.62. The Morgan fingerprint density at radius 3 is 2.58 bits per heavy atom. The van der Waals surface area contributed by atoms with E-state index in [0.717, 1.165) is 11.1 Å². The van der Waals surface area contributed by atoms with Crippen molar-refractivity contribution < 1.29 is 13.6 Å². The number of nitrogens with zero attached hydrogens (tertiary/aromatic N) is 2. The number of rotatable bonds is 6. The van der Waals surface area contributed by atoms with Crippen molar-refractivity contribution in [1.29, 1.82) is 0 Å². The molecular weight excluding hydrogens is 351 g/mol. The summed E-state index contributed by atoms with van der Waals surface area (Å²) in [5.74, 6) is 0.244. The highest BCUT2D eigenvalue weighted by molar-refractivity contribution is 8.00. The lowest BCUT2D eigenvalue weighted by molar-refractivity contribution is -0.129. The molecule has 1 atom stereocenters. The summed E-state index contributed by atoms with van der Waals surface area (Å²) >= 11 is 1.27. The fourth-order valence-electron chi connectivity index (χ4n) is 2.51. The van der Waals surface area contributed by atoms with E-state index in [2.05, 4.69) is 4.98 Å². The van der Waals surface area contributed by atoms with Gasteiger partial charge in [0, 0.05) is 19.2 Å². The van der Waals surface area contributed by atoms with Gasteiger partial charge in [-0.1, -0.05) is 42.1 Å². The first-order valence-corrected chi connectivity index (χ1v) is 9.08. The second-order valence-electron chi connectivity index (χ2n) is 5.94. The number of benzene rings is 2. The number of carbonyl (C=O) groups excluding carboxylic acids is 1. The summed E-state index contributed by atoms with van der Waals surface area (Å²) in [6.45, 7) is 2.38. The quantitative estimate of drug-likeness (QED) is 0.594. The van der Waals surface area contributed by atoms with Crippen LogP contribution in [-0.2, 0) is 11.3 Å². The average Bonchev–Trinajstić information content (AvgIpc) is 3.11. The van der Waals surface area contributed by atoms with E-state index >= 15 is 0 Å². The lowest BCUT2D eigenvalue weighted by Crippen LogP contribution is -2.32. The zero-order valence-electron chi connectivity index (χ0n) is 14.6. The number of aromatic nitrogens is 1. The lowest BCUT2D eigenvalue weighted by atomic mass is 10.2. The van der Waals surface area contributed by atoms with Gasteiger partial charge >= 0.3 is 0 Å². The number of halogens is 1. The summed E-state index contributed by atoms with van der Waals surface area (Å²) < 4.78 is 18.7. The van der Waals surface area contributed by atoms with E-state index in [1.807, 2.05) is 37.3 Å².